The molecule has 0 bridgehead atoms. The van der Waals surface area contributed by atoms with E-state index in [0.29, 0.717) is 22.7 Å². The van der Waals surface area contributed by atoms with E-state index in [0.717, 1.165) is 35.3 Å². The van der Waals surface area contributed by atoms with Gasteiger partial charge in [0.15, 0.2) is 0 Å². The molecular formula is C25H23ClN2O2. The molecule has 0 atom stereocenters. The molecule has 0 unspecified atom stereocenters. The minimum atomic E-state index is -0.153. The average molecular weight is 419 g/mol. The SMILES string of the molecule is Cc1ccc(NC(=O)c2ccc3c(c2)CCCN3C(=O)c2cccc(Cl)c2)cc1C. The number of nitrogens with zero attached hydrogens (tertiary/aromatic N) is 1. The van der Waals surface area contributed by atoms with E-state index in [2.05, 4.69) is 5.32 Å². The molecule has 1 N–H and O–H groups in total. The molecule has 0 aromatic heterocycles. The summed E-state index contributed by atoms with van der Waals surface area (Å²) >= 11 is 6.05. The first-order chi connectivity index (χ1) is 14.4. The zero-order valence-electron chi connectivity index (χ0n) is 17.0. The highest BCUT2D eigenvalue weighted by atomic mass is 35.5. The first-order valence-corrected chi connectivity index (χ1v) is 10.4. The molecule has 3 aromatic carbocycles. The molecule has 1 aliphatic rings. The summed E-state index contributed by atoms with van der Waals surface area (Å²) in [5, 5.41) is 3.50. The van der Waals surface area contributed by atoms with Gasteiger partial charge >= 0.3 is 0 Å². The number of anilines is 2. The number of fused-ring (bicyclic) bond motifs is 1. The van der Waals surface area contributed by atoms with Crippen molar-refractivity contribution in [2.75, 3.05) is 16.8 Å². The molecular weight excluding hydrogens is 396 g/mol. The highest BCUT2D eigenvalue weighted by Gasteiger charge is 2.24. The molecule has 0 radical (unpaired) electrons. The van der Waals surface area contributed by atoms with Crippen LogP contribution in [0, 0.1) is 13.8 Å². The number of carbonyl (C=O) groups is 2. The minimum Gasteiger partial charge on any atom is -0.322 e. The van der Waals surface area contributed by atoms with Gasteiger partial charge in [-0.2, -0.15) is 0 Å². The summed E-state index contributed by atoms with van der Waals surface area (Å²) in [6, 6.07) is 18.4. The van der Waals surface area contributed by atoms with E-state index in [9.17, 15) is 9.59 Å². The third kappa shape index (κ3) is 4.10. The summed E-state index contributed by atoms with van der Waals surface area (Å²) in [7, 11) is 0. The van der Waals surface area contributed by atoms with Crippen molar-refractivity contribution in [2.45, 2.75) is 26.7 Å². The first kappa shape index (κ1) is 20.2. The van der Waals surface area contributed by atoms with Crippen LogP contribution in [0.15, 0.2) is 60.7 Å². The Balaban J connectivity index is 1.57. The van der Waals surface area contributed by atoms with E-state index in [4.69, 9.17) is 11.6 Å². The number of halogens is 1. The Morgan fingerprint density at radius 3 is 2.53 bits per heavy atom. The summed E-state index contributed by atoms with van der Waals surface area (Å²) < 4.78 is 0. The lowest BCUT2D eigenvalue weighted by atomic mass is 9.98. The van der Waals surface area contributed by atoms with Crippen molar-refractivity contribution in [1.82, 2.24) is 0 Å². The Morgan fingerprint density at radius 2 is 1.77 bits per heavy atom. The normalized spacial score (nSPS) is 13.0. The van der Waals surface area contributed by atoms with Crippen LogP contribution in [0.2, 0.25) is 5.02 Å². The van der Waals surface area contributed by atoms with Crippen molar-refractivity contribution < 1.29 is 9.59 Å². The number of aryl methyl sites for hydroxylation is 3. The molecule has 4 rings (SSSR count). The Morgan fingerprint density at radius 1 is 0.933 bits per heavy atom. The first-order valence-electron chi connectivity index (χ1n) is 10.0. The molecule has 3 aromatic rings. The van der Waals surface area contributed by atoms with Crippen LogP contribution in [0.1, 0.15) is 43.8 Å². The van der Waals surface area contributed by atoms with Gasteiger partial charge in [-0.1, -0.05) is 23.7 Å². The molecule has 2 amide bonds. The van der Waals surface area contributed by atoms with Crippen LogP contribution in [-0.2, 0) is 6.42 Å². The van der Waals surface area contributed by atoms with Gasteiger partial charge < -0.3 is 10.2 Å². The second kappa shape index (κ2) is 8.33. The molecule has 0 aliphatic carbocycles. The van der Waals surface area contributed by atoms with E-state index >= 15 is 0 Å². The molecule has 30 heavy (non-hydrogen) atoms. The maximum Gasteiger partial charge on any atom is 0.258 e. The average Bonchev–Trinajstić information content (AvgIpc) is 2.75. The zero-order chi connectivity index (χ0) is 21.3. The van der Waals surface area contributed by atoms with Gasteiger partial charge in [-0.15, -0.1) is 0 Å². The number of rotatable bonds is 3. The lowest BCUT2D eigenvalue weighted by Gasteiger charge is -2.30. The highest BCUT2D eigenvalue weighted by molar-refractivity contribution is 6.31. The van der Waals surface area contributed by atoms with Crippen molar-refractivity contribution in [1.29, 1.82) is 0 Å². The van der Waals surface area contributed by atoms with Crippen LogP contribution in [0.25, 0.3) is 0 Å². The monoisotopic (exact) mass is 418 g/mol. The third-order valence-electron chi connectivity index (χ3n) is 5.54. The molecule has 0 saturated carbocycles. The topological polar surface area (TPSA) is 49.4 Å². The van der Waals surface area contributed by atoms with Crippen LogP contribution >= 0.6 is 11.6 Å². The largest absolute Gasteiger partial charge is 0.322 e. The predicted octanol–water partition coefficient (Wildman–Crippen LogP) is 5.80. The van der Waals surface area contributed by atoms with E-state index in [1.54, 1.807) is 35.2 Å². The second-order valence-electron chi connectivity index (χ2n) is 7.67. The van der Waals surface area contributed by atoms with Crippen molar-refractivity contribution in [3.8, 4) is 0 Å². The molecule has 1 aliphatic heterocycles. The Labute approximate surface area is 181 Å². The standard InChI is InChI=1S/C25H23ClN2O2/c1-16-8-10-22(13-17(16)2)27-24(29)19-9-11-23-18(14-19)6-4-12-28(23)25(30)20-5-3-7-21(26)15-20/h3,5,7-11,13-15H,4,6,12H2,1-2H3,(H,27,29). The van der Waals surface area contributed by atoms with Gasteiger partial charge in [-0.05, 0) is 91.9 Å². The lowest BCUT2D eigenvalue weighted by Crippen LogP contribution is -2.35. The van der Waals surface area contributed by atoms with Crippen molar-refractivity contribution >= 4 is 34.8 Å². The number of hydrogen-bond donors (Lipinski definition) is 1. The summed E-state index contributed by atoms with van der Waals surface area (Å²) in [4.78, 5) is 27.6. The third-order valence-corrected chi connectivity index (χ3v) is 5.78. The van der Waals surface area contributed by atoms with E-state index in [1.165, 1.54) is 5.56 Å². The van der Waals surface area contributed by atoms with Crippen LogP contribution in [0.4, 0.5) is 11.4 Å². The highest BCUT2D eigenvalue weighted by Crippen LogP contribution is 2.30. The number of amides is 2. The predicted molar refractivity (Wildman–Crippen MR) is 122 cm³/mol. The summed E-state index contributed by atoms with van der Waals surface area (Å²) in [5.74, 6) is -0.231. The zero-order valence-corrected chi connectivity index (χ0v) is 17.8. The van der Waals surface area contributed by atoms with E-state index in [1.807, 2.05) is 44.2 Å². The van der Waals surface area contributed by atoms with Crippen LogP contribution in [0.3, 0.4) is 0 Å². The smallest absolute Gasteiger partial charge is 0.258 e. The van der Waals surface area contributed by atoms with E-state index < -0.39 is 0 Å². The van der Waals surface area contributed by atoms with E-state index in [-0.39, 0.29) is 11.8 Å². The van der Waals surface area contributed by atoms with Crippen LogP contribution in [-0.4, -0.2) is 18.4 Å². The summed E-state index contributed by atoms with van der Waals surface area (Å²) in [6.45, 7) is 4.71. The lowest BCUT2D eigenvalue weighted by molar-refractivity contribution is 0.0984. The fraction of sp³-hybridized carbons (Fsp3) is 0.200. The Kier molecular flexibility index (Phi) is 5.60. The quantitative estimate of drug-likeness (QED) is 0.584. The van der Waals surface area contributed by atoms with Crippen LogP contribution < -0.4 is 10.2 Å². The van der Waals surface area contributed by atoms with Gasteiger partial charge in [0.1, 0.15) is 0 Å². The Bertz CT molecular complexity index is 1140. The van der Waals surface area contributed by atoms with Crippen molar-refractivity contribution in [2.24, 2.45) is 0 Å². The second-order valence-corrected chi connectivity index (χ2v) is 8.10. The maximum absolute atomic E-state index is 13.0. The fourth-order valence-corrected chi connectivity index (χ4v) is 3.94. The summed E-state index contributed by atoms with van der Waals surface area (Å²) in [5.41, 5.74) is 6.10. The molecule has 152 valence electrons. The number of nitrogens with one attached hydrogen (secondary N) is 1. The molecule has 0 fully saturated rings. The fourth-order valence-electron chi connectivity index (χ4n) is 3.75. The van der Waals surface area contributed by atoms with Gasteiger partial charge in [0.05, 0.1) is 0 Å². The number of carbonyl (C=O) groups excluding carboxylic acids is 2. The maximum atomic E-state index is 13.0. The van der Waals surface area contributed by atoms with Crippen LogP contribution in [0.5, 0.6) is 0 Å². The summed E-state index contributed by atoms with van der Waals surface area (Å²) in [6.07, 6.45) is 1.68. The van der Waals surface area contributed by atoms with Crippen molar-refractivity contribution in [3.63, 3.8) is 0 Å². The molecule has 0 spiro atoms. The Hall–Kier alpha value is -3.11. The molecule has 5 heteroatoms. The van der Waals surface area contributed by atoms with Gasteiger partial charge in [-0.3, -0.25) is 9.59 Å². The molecule has 4 nitrogen and oxygen atoms in total. The van der Waals surface area contributed by atoms with Gasteiger partial charge in [0.2, 0.25) is 0 Å². The minimum absolute atomic E-state index is 0.0780. The number of hydrogen-bond acceptors (Lipinski definition) is 2. The van der Waals surface area contributed by atoms with Gasteiger partial charge in [0.25, 0.3) is 11.8 Å². The molecule has 1 heterocycles. The van der Waals surface area contributed by atoms with Gasteiger partial charge in [-0.25, -0.2) is 0 Å². The number of benzene rings is 3. The van der Waals surface area contributed by atoms with Gasteiger partial charge in [0, 0.05) is 34.1 Å². The molecule has 0 saturated heterocycles. The van der Waals surface area contributed by atoms with Crippen molar-refractivity contribution in [3.05, 3.63) is 93.5 Å².